The molecule has 2 rings (SSSR count). The summed E-state index contributed by atoms with van der Waals surface area (Å²) < 4.78 is 45.8. The van der Waals surface area contributed by atoms with Crippen molar-refractivity contribution >= 4 is 21.8 Å². The standard InChI is InChI=1S/C15H22FN3O4S/c1-11-8-19(9-12(2)23-11)24(21,22)18(3)10-15(20)17-14-6-4-13(16)5-7-14/h4-7,11-12H,8-10H2,1-3H3,(H,17,20). The highest BCUT2D eigenvalue weighted by Crippen LogP contribution is 2.16. The van der Waals surface area contributed by atoms with E-state index in [1.54, 1.807) is 13.8 Å². The van der Waals surface area contributed by atoms with Gasteiger partial charge in [-0.2, -0.15) is 17.0 Å². The lowest BCUT2D eigenvalue weighted by molar-refractivity contribution is -0.116. The second-order valence-corrected chi connectivity index (χ2v) is 7.93. The van der Waals surface area contributed by atoms with Gasteiger partial charge in [-0.1, -0.05) is 0 Å². The molecule has 1 heterocycles. The van der Waals surface area contributed by atoms with E-state index in [0.717, 1.165) is 4.31 Å². The average Bonchev–Trinajstić information content (AvgIpc) is 2.48. The summed E-state index contributed by atoms with van der Waals surface area (Å²) in [5, 5.41) is 2.54. The quantitative estimate of drug-likeness (QED) is 0.852. The van der Waals surface area contributed by atoms with Gasteiger partial charge in [0.15, 0.2) is 0 Å². The first-order valence-electron chi connectivity index (χ1n) is 7.61. The number of likely N-dealkylation sites (N-methyl/N-ethyl adjacent to an activating group) is 1. The molecule has 1 saturated heterocycles. The van der Waals surface area contributed by atoms with Crippen LogP contribution in [0.2, 0.25) is 0 Å². The Morgan fingerprint density at radius 1 is 1.29 bits per heavy atom. The molecule has 0 aromatic heterocycles. The van der Waals surface area contributed by atoms with Crippen molar-refractivity contribution in [1.82, 2.24) is 8.61 Å². The van der Waals surface area contributed by atoms with Gasteiger partial charge in [0.2, 0.25) is 5.91 Å². The summed E-state index contributed by atoms with van der Waals surface area (Å²) in [5.41, 5.74) is 0.404. The molecule has 0 saturated carbocycles. The number of carbonyl (C=O) groups is 1. The van der Waals surface area contributed by atoms with E-state index in [2.05, 4.69) is 5.32 Å². The van der Waals surface area contributed by atoms with Gasteiger partial charge < -0.3 is 10.1 Å². The van der Waals surface area contributed by atoms with Gasteiger partial charge in [-0.15, -0.1) is 0 Å². The minimum Gasteiger partial charge on any atom is -0.373 e. The smallest absolute Gasteiger partial charge is 0.282 e. The predicted octanol–water partition coefficient (Wildman–Crippen LogP) is 1.05. The zero-order valence-electron chi connectivity index (χ0n) is 13.9. The number of morpholine rings is 1. The Kier molecular flexibility index (Phi) is 5.92. The summed E-state index contributed by atoms with van der Waals surface area (Å²) in [4.78, 5) is 12.0. The van der Waals surface area contributed by atoms with E-state index in [1.807, 2.05) is 0 Å². The Balaban J connectivity index is 1.98. The van der Waals surface area contributed by atoms with Crippen LogP contribution in [0.5, 0.6) is 0 Å². The molecule has 9 heteroatoms. The highest BCUT2D eigenvalue weighted by atomic mass is 32.2. The average molecular weight is 359 g/mol. The number of ether oxygens (including phenoxy) is 1. The van der Waals surface area contributed by atoms with E-state index in [1.165, 1.54) is 35.6 Å². The molecule has 0 aliphatic carbocycles. The highest BCUT2D eigenvalue weighted by Gasteiger charge is 2.34. The molecule has 0 radical (unpaired) electrons. The van der Waals surface area contributed by atoms with Gasteiger partial charge in [-0.25, -0.2) is 4.39 Å². The fourth-order valence-electron chi connectivity index (χ4n) is 2.53. The third-order valence-electron chi connectivity index (χ3n) is 3.60. The molecule has 1 aliphatic rings. The number of hydrogen-bond acceptors (Lipinski definition) is 4. The van der Waals surface area contributed by atoms with Crippen LogP contribution in [0.25, 0.3) is 0 Å². The molecular formula is C15H22FN3O4S. The number of rotatable bonds is 5. The van der Waals surface area contributed by atoms with Crippen LogP contribution in [0, 0.1) is 5.82 Å². The first kappa shape index (κ1) is 18.8. The van der Waals surface area contributed by atoms with Gasteiger partial charge in [-0.05, 0) is 38.1 Å². The van der Waals surface area contributed by atoms with E-state index in [9.17, 15) is 17.6 Å². The van der Waals surface area contributed by atoms with Crippen molar-refractivity contribution in [3.8, 4) is 0 Å². The third-order valence-corrected chi connectivity index (χ3v) is 5.47. The van der Waals surface area contributed by atoms with Crippen molar-refractivity contribution in [3.63, 3.8) is 0 Å². The minimum atomic E-state index is -3.76. The maximum absolute atomic E-state index is 12.8. The number of halogens is 1. The first-order chi connectivity index (χ1) is 11.2. The number of carbonyl (C=O) groups excluding carboxylic acids is 1. The molecule has 1 aliphatic heterocycles. The molecular weight excluding hydrogens is 337 g/mol. The number of amides is 1. The van der Waals surface area contributed by atoms with Crippen LogP contribution < -0.4 is 5.32 Å². The van der Waals surface area contributed by atoms with Crippen LogP contribution in [0.4, 0.5) is 10.1 Å². The van der Waals surface area contributed by atoms with E-state index in [0.29, 0.717) is 5.69 Å². The molecule has 2 atom stereocenters. The van der Waals surface area contributed by atoms with E-state index in [-0.39, 0.29) is 31.8 Å². The molecule has 1 amide bonds. The van der Waals surface area contributed by atoms with Gasteiger partial charge in [0.05, 0.1) is 18.8 Å². The Bertz CT molecular complexity index is 670. The largest absolute Gasteiger partial charge is 0.373 e. The van der Waals surface area contributed by atoms with Crippen molar-refractivity contribution in [2.24, 2.45) is 0 Å². The van der Waals surface area contributed by atoms with Crippen LogP contribution in [0.3, 0.4) is 0 Å². The first-order valence-corrected chi connectivity index (χ1v) is 9.00. The number of nitrogens with one attached hydrogen (secondary N) is 1. The monoisotopic (exact) mass is 359 g/mol. The number of hydrogen-bond donors (Lipinski definition) is 1. The van der Waals surface area contributed by atoms with Crippen molar-refractivity contribution in [3.05, 3.63) is 30.1 Å². The van der Waals surface area contributed by atoms with Gasteiger partial charge >= 0.3 is 0 Å². The normalized spacial score (nSPS) is 22.5. The Morgan fingerprint density at radius 2 is 1.83 bits per heavy atom. The SMILES string of the molecule is CC1CN(S(=O)(=O)N(C)CC(=O)Nc2ccc(F)cc2)CC(C)O1. The molecule has 24 heavy (non-hydrogen) atoms. The summed E-state index contributed by atoms with van der Waals surface area (Å²) in [5.74, 6) is -0.912. The Hall–Kier alpha value is -1.55. The number of nitrogens with zero attached hydrogens (tertiary/aromatic N) is 2. The fourth-order valence-corrected chi connectivity index (χ4v) is 4.01. The summed E-state index contributed by atoms with van der Waals surface area (Å²) >= 11 is 0. The highest BCUT2D eigenvalue weighted by molar-refractivity contribution is 7.86. The van der Waals surface area contributed by atoms with Crippen molar-refractivity contribution < 1.29 is 22.3 Å². The molecule has 1 fully saturated rings. The molecule has 0 spiro atoms. The van der Waals surface area contributed by atoms with Crippen LogP contribution in [0.1, 0.15) is 13.8 Å². The van der Waals surface area contributed by atoms with E-state index in [4.69, 9.17) is 4.74 Å². The molecule has 1 N–H and O–H groups in total. The maximum atomic E-state index is 12.8. The summed E-state index contributed by atoms with van der Waals surface area (Å²) in [7, 11) is -2.40. The molecule has 7 nitrogen and oxygen atoms in total. The zero-order chi connectivity index (χ0) is 17.9. The van der Waals surface area contributed by atoms with E-state index >= 15 is 0 Å². The second kappa shape index (κ2) is 7.56. The molecule has 0 bridgehead atoms. The van der Waals surface area contributed by atoms with Crippen molar-refractivity contribution in [2.45, 2.75) is 26.1 Å². The lowest BCUT2D eigenvalue weighted by atomic mass is 10.3. The Morgan fingerprint density at radius 3 is 2.38 bits per heavy atom. The third kappa shape index (κ3) is 4.73. The van der Waals surface area contributed by atoms with Gasteiger partial charge in [-0.3, -0.25) is 4.79 Å². The van der Waals surface area contributed by atoms with Gasteiger partial charge in [0.25, 0.3) is 10.2 Å². The van der Waals surface area contributed by atoms with Crippen LogP contribution in [0.15, 0.2) is 24.3 Å². The number of benzene rings is 1. The fraction of sp³-hybridized carbons (Fsp3) is 0.533. The predicted molar refractivity (Wildman–Crippen MR) is 88.2 cm³/mol. The lowest BCUT2D eigenvalue weighted by Crippen LogP contribution is -2.53. The van der Waals surface area contributed by atoms with E-state index < -0.39 is 21.9 Å². The van der Waals surface area contributed by atoms with Crippen molar-refractivity contribution in [2.75, 3.05) is 32.0 Å². The molecule has 2 unspecified atom stereocenters. The summed E-state index contributed by atoms with van der Waals surface area (Å²) in [6.07, 6.45) is -0.407. The molecule has 1 aromatic carbocycles. The topological polar surface area (TPSA) is 79.0 Å². The second-order valence-electron chi connectivity index (χ2n) is 5.89. The zero-order valence-corrected chi connectivity index (χ0v) is 14.7. The van der Waals surface area contributed by atoms with Gasteiger partial charge in [0, 0.05) is 25.8 Å². The lowest BCUT2D eigenvalue weighted by Gasteiger charge is -2.36. The summed E-state index contributed by atoms with van der Waals surface area (Å²) in [6.45, 7) is 3.77. The van der Waals surface area contributed by atoms with Crippen LogP contribution in [-0.4, -0.2) is 61.8 Å². The molecule has 134 valence electrons. The molecule has 1 aromatic rings. The number of anilines is 1. The van der Waals surface area contributed by atoms with Crippen LogP contribution in [-0.2, 0) is 19.7 Å². The van der Waals surface area contributed by atoms with Crippen LogP contribution >= 0.6 is 0 Å². The van der Waals surface area contributed by atoms with Crippen molar-refractivity contribution in [1.29, 1.82) is 0 Å². The maximum Gasteiger partial charge on any atom is 0.282 e. The minimum absolute atomic E-state index is 0.204. The Labute approximate surface area is 141 Å². The van der Waals surface area contributed by atoms with Gasteiger partial charge in [0.1, 0.15) is 5.82 Å². The summed E-state index contributed by atoms with van der Waals surface area (Å²) in [6, 6.07) is 5.25.